The van der Waals surface area contributed by atoms with Crippen LogP contribution in [0.5, 0.6) is 6.01 Å². The minimum Gasteiger partial charge on any atom is -0.463 e. The van der Waals surface area contributed by atoms with Crippen LogP contribution in [0.1, 0.15) is 13.3 Å². The molecule has 0 amide bonds. The molecule has 0 aromatic carbocycles. The van der Waals surface area contributed by atoms with Crippen molar-refractivity contribution in [3.63, 3.8) is 0 Å². The normalized spacial score (nSPS) is 10.5. The average Bonchev–Trinajstić information content (AvgIpc) is 2.72. The van der Waals surface area contributed by atoms with Crippen LogP contribution in [0.25, 0.3) is 11.5 Å². The minimum absolute atomic E-state index is 0.131. The molecule has 0 spiro atoms. The topological polar surface area (TPSA) is 91.7 Å². The predicted molar refractivity (Wildman–Crippen MR) is 62.2 cm³/mol. The molecule has 0 atom stereocenters. The molecule has 2 aromatic rings. The second kappa shape index (κ2) is 4.77. The summed E-state index contributed by atoms with van der Waals surface area (Å²) in [4.78, 5) is 16.2. The molecule has 0 fully saturated rings. The number of aromatic nitrogens is 5. The van der Waals surface area contributed by atoms with E-state index < -0.39 is 0 Å². The molecular weight excluding hydrogens is 220 g/mol. The Balaban J connectivity index is 2.31. The molecule has 7 heteroatoms. The molecule has 0 aliphatic heterocycles. The molecule has 0 saturated heterocycles. The van der Waals surface area contributed by atoms with Gasteiger partial charge in [0.2, 0.25) is 5.95 Å². The van der Waals surface area contributed by atoms with E-state index in [0.29, 0.717) is 18.1 Å². The number of rotatable bonds is 4. The lowest BCUT2D eigenvalue weighted by atomic mass is 10.4. The van der Waals surface area contributed by atoms with Crippen LogP contribution in [-0.2, 0) is 7.05 Å². The molecular formula is C10H14N6O. The van der Waals surface area contributed by atoms with Crippen molar-refractivity contribution in [2.24, 2.45) is 7.05 Å². The quantitative estimate of drug-likeness (QED) is 0.834. The van der Waals surface area contributed by atoms with Gasteiger partial charge < -0.3 is 15.0 Å². The maximum absolute atomic E-state index is 5.60. The first-order valence-electron chi connectivity index (χ1n) is 5.31. The number of hydrogen-bond donors (Lipinski definition) is 1. The highest BCUT2D eigenvalue weighted by Gasteiger charge is 2.09. The fourth-order valence-electron chi connectivity index (χ4n) is 1.27. The van der Waals surface area contributed by atoms with Gasteiger partial charge in [0.1, 0.15) is 5.69 Å². The van der Waals surface area contributed by atoms with E-state index in [0.717, 1.165) is 6.42 Å². The van der Waals surface area contributed by atoms with Crippen LogP contribution < -0.4 is 10.5 Å². The van der Waals surface area contributed by atoms with E-state index in [4.69, 9.17) is 10.5 Å². The van der Waals surface area contributed by atoms with Crippen LogP contribution in [0, 0.1) is 0 Å². The molecule has 0 bridgehead atoms. The monoisotopic (exact) mass is 234 g/mol. The number of imidazole rings is 1. The van der Waals surface area contributed by atoms with E-state index in [1.54, 1.807) is 12.5 Å². The number of nitrogen functional groups attached to an aromatic ring is 1. The van der Waals surface area contributed by atoms with Gasteiger partial charge in [-0.05, 0) is 6.42 Å². The summed E-state index contributed by atoms with van der Waals surface area (Å²) in [6.07, 6.45) is 4.35. The van der Waals surface area contributed by atoms with Crippen LogP contribution in [0.4, 0.5) is 5.95 Å². The van der Waals surface area contributed by atoms with Gasteiger partial charge >= 0.3 is 6.01 Å². The third kappa shape index (κ3) is 2.68. The molecule has 0 aliphatic rings. The molecule has 2 N–H and O–H groups in total. The summed E-state index contributed by atoms with van der Waals surface area (Å²) in [6.45, 7) is 2.55. The van der Waals surface area contributed by atoms with Crippen molar-refractivity contribution >= 4 is 5.95 Å². The van der Waals surface area contributed by atoms with Crippen molar-refractivity contribution in [3.05, 3.63) is 12.5 Å². The Labute approximate surface area is 98.7 Å². The number of hydrogen-bond acceptors (Lipinski definition) is 6. The lowest BCUT2D eigenvalue weighted by molar-refractivity contribution is 0.292. The van der Waals surface area contributed by atoms with E-state index in [-0.39, 0.29) is 12.0 Å². The highest BCUT2D eigenvalue weighted by atomic mass is 16.5. The van der Waals surface area contributed by atoms with Crippen LogP contribution in [0.3, 0.4) is 0 Å². The lowest BCUT2D eigenvalue weighted by Crippen LogP contribution is -2.05. The van der Waals surface area contributed by atoms with E-state index in [2.05, 4.69) is 19.9 Å². The number of anilines is 1. The highest BCUT2D eigenvalue weighted by molar-refractivity contribution is 5.49. The Kier molecular flexibility index (Phi) is 3.17. The summed E-state index contributed by atoms with van der Waals surface area (Å²) in [7, 11) is 1.87. The average molecular weight is 234 g/mol. The Morgan fingerprint density at radius 3 is 2.82 bits per heavy atom. The fourth-order valence-corrected chi connectivity index (χ4v) is 1.27. The van der Waals surface area contributed by atoms with E-state index in [1.165, 1.54) is 0 Å². The molecule has 0 aliphatic carbocycles. The Hall–Kier alpha value is -2.18. The molecule has 2 heterocycles. The van der Waals surface area contributed by atoms with Crippen molar-refractivity contribution < 1.29 is 4.74 Å². The molecule has 0 radical (unpaired) electrons. The molecule has 2 aromatic heterocycles. The number of nitrogens with two attached hydrogens (primary N) is 1. The Morgan fingerprint density at radius 2 is 2.18 bits per heavy atom. The molecule has 0 saturated carbocycles. The second-order valence-electron chi connectivity index (χ2n) is 3.57. The van der Waals surface area contributed by atoms with Gasteiger partial charge in [0.05, 0.1) is 12.9 Å². The number of ether oxygens (including phenoxy) is 1. The smallest absolute Gasteiger partial charge is 0.321 e. The zero-order valence-corrected chi connectivity index (χ0v) is 9.79. The summed E-state index contributed by atoms with van der Waals surface area (Å²) in [5.74, 6) is 0.552. The van der Waals surface area contributed by atoms with Gasteiger partial charge in [-0.1, -0.05) is 6.92 Å². The summed E-state index contributed by atoms with van der Waals surface area (Å²) in [5.41, 5.74) is 6.24. The van der Waals surface area contributed by atoms with Gasteiger partial charge in [0.25, 0.3) is 0 Å². The summed E-state index contributed by atoms with van der Waals surface area (Å²) in [5, 5.41) is 0. The minimum atomic E-state index is 0.131. The predicted octanol–water partition coefficient (Wildman–Crippen LogP) is 0.643. The number of nitrogens with zero attached hydrogens (tertiary/aromatic N) is 5. The number of aryl methyl sites for hydroxylation is 1. The van der Waals surface area contributed by atoms with Crippen LogP contribution >= 0.6 is 0 Å². The van der Waals surface area contributed by atoms with Crippen molar-refractivity contribution in [1.82, 2.24) is 24.5 Å². The van der Waals surface area contributed by atoms with Crippen LogP contribution in [-0.4, -0.2) is 31.1 Å². The van der Waals surface area contributed by atoms with Gasteiger partial charge in [-0.3, -0.25) is 0 Å². The fraction of sp³-hybridized carbons (Fsp3) is 0.400. The van der Waals surface area contributed by atoms with Gasteiger partial charge in [-0.2, -0.15) is 15.0 Å². The first-order valence-corrected chi connectivity index (χ1v) is 5.31. The SMILES string of the molecule is CCCOc1nc(N)nc(-c2cn(C)cn2)n1. The standard InChI is InChI=1S/C10H14N6O/c1-3-4-17-10-14-8(13-9(11)15-10)7-5-16(2)6-12-7/h5-6H,3-4H2,1-2H3,(H2,11,13,14,15). The maximum Gasteiger partial charge on any atom is 0.321 e. The summed E-state index contributed by atoms with van der Waals surface area (Å²) >= 11 is 0. The van der Waals surface area contributed by atoms with E-state index in [1.807, 2.05) is 18.5 Å². The van der Waals surface area contributed by atoms with Gasteiger partial charge in [-0.25, -0.2) is 4.98 Å². The Bertz CT molecular complexity index is 509. The molecule has 90 valence electrons. The molecule has 7 nitrogen and oxygen atoms in total. The van der Waals surface area contributed by atoms with Crippen molar-refractivity contribution in [1.29, 1.82) is 0 Å². The van der Waals surface area contributed by atoms with Crippen LogP contribution in [0.2, 0.25) is 0 Å². The third-order valence-electron chi connectivity index (χ3n) is 2.00. The van der Waals surface area contributed by atoms with E-state index >= 15 is 0 Å². The van der Waals surface area contributed by atoms with Crippen molar-refractivity contribution in [2.45, 2.75) is 13.3 Å². The van der Waals surface area contributed by atoms with Crippen molar-refractivity contribution in [2.75, 3.05) is 12.3 Å². The lowest BCUT2D eigenvalue weighted by Gasteiger charge is -2.04. The van der Waals surface area contributed by atoms with Gasteiger partial charge in [0, 0.05) is 13.2 Å². The molecule has 0 unspecified atom stereocenters. The Morgan fingerprint density at radius 1 is 1.35 bits per heavy atom. The van der Waals surface area contributed by atoms with E-state index in [9.17, 15) is 0 Å². The zero-order valence-electron chi connectivity index (χ0n) is 9.79. The maximum atomic E-state index is 5.60. The first-order chi connectivity index (χ1) is 8.19. The first kappa shape index (κ1) is 11.3. The largest absolute Gasteiger partial charge is 0.463 e. The third-order valence-corrected chi connectivity index (χ3v) is 2.00. The van der Waals surface area contributed by atoms with Gasteiger partial charge in [0.15, 0.2) is 5.82 Å². The summed E-state index contributed by atoms with van der Waals surface area (Å²) in [6, 6.07) is 0.236. The second-order valence-corrected chi connectivity index (χ2v) is 3.57. The molecule has 2 rings (SSSR count). The summed E-state index contributed by atoms with van der Waals surface area (Å²) < 4.78 is 7.14. The highest BCUT2D eigenvalue weighted by Crippen LogP contribution is 2.15. The molecule has 17 heavy (non-hydrogen) atoms. The van der Waals surface area contributed by atoms with Crippen LogP contribution in [0.15, 0.2) is 12.5 Å². The van der Waals surface area contributed by atoms with Crippen molar-refractivity contribution in [3.8, 4) is 17.5 Å². The zero-order chi connectivity index (χ0) is 12.3. The van der Waals surface area contributed by atoms with Gasteiger partial charge in [-0.15, -0.1) is 0 Å².